The van der Waals surface area contributed by atoms with Crippen LogP contribution in [0.2, 0.25) is 0 Å². The number of aliphatic hydroxyl groups excluding tert-OH is 2. The molecule has 0 spiro atoms. The number of carboxylic acid groups (broad SMARTS) is 2. The molecule has 13 nitrogen and oxygen atoms in total. The Morgan fingerprint density at radius 3 is 0.822 bits per heavy atom. The normalized spacial score (nSPS) is 16.3. The van der Waals surface area contributed by atoms with Crippen molar-refractivity contribution in [3.8, 4) is 0 Å². The molecule has 8 atom stereocenters. The topological polar surface area (TPSA) is 180 Å². The summed E-state index contributed by atoms with van der Waals surface area (Å²) < 4.78 is 39.8. The van der Waals surface area contributed by atoms with Crippen LogP contribution < -0.4 is 0 Å². The second kappa shape index (κ2) is 29.5. The number of ether oxygens (including phenoxy) is 7. The van der Waals surface area contributed by atoms with E-state index in [0.717, 1.165) is 0 Å². The Labute approximate surface area is 270 Å². The summed E-state index contributed by atoms with van der Waals surface area (Å²) in [5, 5.41) is 34.0. The molecule has 268 valence electrons. The number of hydrogen-bond donors (Lipinski definition) is 4. The molecule has 0 fully saturated rings. The van der Waals surface area contributed by atoms with Crippen molar-refractivity contribution in [2.24, 2.45) is 0 Å². The van der Waals surface area contributed by atoms with E-state index < -0.39 is 18.0 Å². The van der Waals surface area contributed by atoms with Crippen LogP contribution in [0.1, 0.15) is 69.2 Å². The van der Waals surface area contributed by atoms with Gasteiger partial charge in [0.05, 0.1) is 102 Å². The first-order valence-electron chi connectivity index (χ1n) is 15.2. The van der Waals surface area contributed by atoms with Gasteiger partial charge in [0, 0.05) is 11.1 Å². The molecule has 0 rings (SSSR count). The van der Waals surface area contributed by atoms with Crippen LogP contribution in [0.25, 0.3) is 0 Å². The molecule has 0 aromatic rings. The first kappa shape index (κ1) is 47.5. The quantitative estimate of drug-likeness (QED) is 0.111. The second-order valence-electron chi connectivity index (χ2n) is 11.2. The number of carboxylic acids is 2. The molecule has 0 aromatic carbocycles. The van der Waals surface area contributed by atoms with E-state index in [0.29, 0.717) is 46.2 Å². The fourth-order valence-corrected chi connectivity index (χ4v) is 2.44. The van der Waals surface area contributed by atoms with Crippen LogP contribution in [0, 0.1) is 0 Å². The molecule has 0 heterocycles. The van der Waals surface area contributed by atoms with E-state index in [1.54, 1.807) is 6.92 Å². The third-order valence-electron chi connectivity index (χ3n) is 5.30. The Morgan fingerprint density at radius 1 is 0.489 bits per heavy atom. The zero-order valence-corrected chi connectivity index (χ0v) is 29.2. The van der Waals surface area contributed by atoms with Crippen LogP contribution in [0.5, 0.6) is 0 Å². The molecule has 0 saturated carbocycles. The van der Waals surface area contributed by atoms with Crippen LogP contribution in [0.15, 0.2) is 24.3 Å². The summed E-state index contributed by atoms with van der Waals surface area (Å²) >= 11 is 0. The molecule has 0 aromatic heterocycles. The lowest BCUT2D eigenvalue weighted by molar-refractivity contribution is -0.133. The van der Waals surface area contributed by atoms with Gasteiger partial charge in [0.2, 0.25) is 0 Å². The minimum atomic E-state index is -0.935. The van der Waals surface area contributed by atoms with Gasteiger partial charge in [-0.3, -0.25) is 0 Å². The Bertz CT molecular complexity index is 726. The van der Waals surface area contributed by atoms with E-state index in [-0.39, 0.29) is 60.5 Å². The molecule has 0 amide bonds. The molecular formula is C32H62O13. The first-order valence-corrected chi connectivity index (χ1v) is 15.2. The Morgan fingerprint density at radius 2 is 0.667 bits per heavy atom. The zero-order valence-electron chi connectivity index (χ0n) is 29.2. The zero-order chi connectivity index (χ0) is 35.5. The van der Waals surface area contributed by atoms with Gasteiger partial charge < -0.3 is 53.6 Å². The van der Waals surface area contributed by atoms with Gasteiger partial charge in [0.1, 0.15) is 0 Å². The molecule has 0 aliphatic carbocycles. The number of aliphatic hydroxyl groups is 2. The fourth-order valence-electron chi connectivity index (χ4n) is 2.44. The molecule has 13 heteroatoms. The van der Waals surface area contributed by atoms with Gasteiger partial charge in [0.15, 0.2) is 0 Å². The second-order valence-corrected chi connectivity index (χ2v) is 11.2. The summed E-state index contributed by atoms with van der Waals surface area (Å²) in [6.45, 7) is 27.4. The van der Waals surface area contributed by atoms with Gasteiger partial charge in [-0.2, -0.15) is 0 Å². The first-order chi connectivity index (χ1) is 20.8. The van der Waals surface area contributed by atoms with Gasteiger partial charge in [-0.1, -0.05) is 13.2 Å². The molecule has 0 aliphatic heterocycles. The van der Waals surface area contributed by atoms with Crippen molar-refractivity contribution in [1.82, 2.24) is 0 Å². The van der Waals surface area contributed by atoms with E-state index in [1.165, 1.54) is 13.8 Å². The number of carbonyl (C=O) groups is 2. The molecule has 8 unspecified atom stereocenters. The highest BCUT2D eigenvalue weighted by Crippen LogP contribution is 2.05. The van der Waals surface area contributed by atoms with Crippen LogP contribution in [0.4, 0.5) is 0 Å². The lowest BCUT2D eigenvalue weighted by atomic mass is 10.3. The lowest BCUT2D eigenvalue weighted by Gasteiger charge is -2.22. The highest BCUT2D eigenvalue weighted by molar-refractivity contribution is 5.85. The number of aliphatic carboxylic acids is 2. The maximum absolute atomic E-state index is 9.60. The van der Waals surface area contributed by atoms with Crippen LogP contribution >= 0.6 is 0 Å². The number of hydrogen-bond acceptors (Lipinski definition) is 11. The third kappa shape index (κ3) is 36.4. The molecule has 4 N–H and O–H groups in total. The Balaban J connectivity index is -0.00000123. The van der Waals surface area contributed by atoms with Gasteiger partial charge in [0.25, 0.3) is 0 Å². The molecule has 0 saturated heterocycles. The maximum atomic E-state index is 9.60. The predicted molar refractivity (Wildman–Crippen MR) is 172 cm³/mol. The molecule has 0 bridgehead atoms. The fraction of sp³-hybridized carbons (Fsp3) is 0.812. The highest BCUT2D eigenvalue weighted by Gasteiger charge is 2.14. The van der Waals surface area contributed by atoms with Crippen molar-refractivity contribution in [1.29, 1.82) is 0 Å². The van der Waals surface area contributed by atoms with Gasteiger partial charge in [-0.25, -0.2) is 9.59 Å². The van der Waals surface area contributed by atoms with E-state index >= 15 is 0 Å². The molecule has 0 radical (unpaired) electrons. The third-order valence-corrected chi connectivity index (χ3v) is 5.30. The summed E-state index contributed by atoms with van der Waals surface area (Å²) in [5.41, 5.74) is 0.352. The summed E-state index contributed by atoms with van der Waals surface area (Å²) in [7, 11) is 0. The minimum Gasteiger partial charge on any atom is -0.478 e. The van der Waals surface area contributed by atoms with Crippen molar-refractivity contribution in [2.75, 3.05) is 52.9 Å². The smallest absolute Gasteiger partial charge is 0.330 e. The minimum absolute atomic E-state index is 0.000849. The summed E-state index contributed by atoms with van der Waals surface area (Å²) in [4.78, 5) is 19.2. The van der Waals surface area contributed by atoms with E-state index in [9.17, 15) is 14.7 Å². The molecule has 0 aliphatic rings. The van der Waals surface area contributed by atoms with Gasteiger partial charge in [-0.15, -0.1) is 0 Å². The standard InChI is InChI=1S/C24H50O9.2C4H6O2/c1-17(26)10-27-19(3)12-29-21(5)14-31-23(7)16-33-24(8)15-32-22(6)13-30-20(4)11-28-18(2)9-25;2*1-3(2)4(5)6/h17-26H,9-16H2,1-8H3;2*1H2,2H3,(H,5,6). The summed E-state index contributed by atoms with van der Waals surface area (Å²) in [6.07, 6.45) is -1.07. The Hall–Kier alpha value is -1.94. The Kier molecular flexibility index (Phi) is 31.1. The molecule has 45 heavy (non-hydrogen) atoms. The van der Waals surface area contributed by atoms with Crippen molar-refractivity contribution < 1.29 is 63.2 Å². The average Bonchev–Trinajstić information content (AvgIpc) is 2.97. The van der Waals surface area contributed by atoms with Crippen molar-refractivity contribution >= 4 is 11.9 Å². The maximum Gasteiger partial charge on any atom is 0.330 e. The van der Waals surface area contributed by atoms with E-state index in [1.807, 2.05) is 48.5 Å². The van der Waals surface area contributed by atoms with Crippen molar-refractivity contribution in [3.63, 3.8) is 0 Å². The van der Waals surface area contributed by atoms with Crippen LogP contribution in [0.3, 0.4) is 0 Å². The lowest BCUT2D eigenvalue weighted by Crippen LogP contribution is -2.30. The van der Waals surface area contributed by atoms with Crippen molar-refractivity contribution in [2.45, 2.75) is 118 Å². The highest BCUT2D eigenvalue weighted by atomic mass is 16.6. The van der Waals surface area contributed by atoms with Gasteiger partial charge >= 0.3 is 11.9 Å². The van der Waals surface area contributed by atoms with Gasteiger partial charge in [-0.05, 0) is 69.2 Å². The average molecular weight is 655 g/mol. The monoisotopic (exact) mass is 654 g/mol. The summed E-state index contributed by atoms with van der Waals surface area (Å²) in [6, 6.07) is 0. The van der Waals surface area contributed by atoms with Crippen molar-refractivity contribution in [3.05, 3.63) is 24.3 Å². The van der Waals surface area contributed by atoms with Crippen LogP contribution in [-0.4, -0.2) is 134 Å². The molecular weight excluding hydrogens is 592 g/mol. The summed E-state index contributed by atoms with van der Waals surface area (Å²) in [5.74, 6) is -1.87. The van der Waals surface area contributed by atoms with E-state index in [4.69, 9.17) is 48.5 Å². The van der Waals surface area contributed by atoms with Crippen LogP contribution in [-0.2, 0) is 42.7 Å². The predicted octanol–water partition coefficient (Wildman–Crippen LogP) is 3.49. The van der Waals surface area contributed by atoms with E-state index in [2.05, 4.69) is 13.2 Å². The number of rotatable bonds is 24. The largest absolute Gasteiger partial charge is 0.478 e. The SMILES string of the molecule is C=C(C)C(=O)O.C=C(C)C(=O)O.CC(O)COC(C)COC(C)COC(C)COC(C)COC(C)COC(C)COC(C)CO.